The van der Waals surface area contributed by atoms with Crippen LogP contribution in [0.1, 0.15) is 16.1 Å². The maximum Gasteiger partial charge on any atom is 0.311 e. The molecule has 2 amide bonds. The Bertz CT molecular complexity index is 853. The van der Waals surface area contributed by atoms with E-state index >= 15 is 0 Å². The maximum absolute atomic E-state index is 11.8. The number of carbonyl (C=O) groups excluding carboxylic acids is 3. The largest absolute Gasteiger partial charge is 0.469 e. The van der Waals surface area contributed by atoms with Crippen LogP contribution < -0.4 is 16.4 Å². The molecule has 1 aromatic carbocycles. The Balaban J connectivity index is 1.86. The maximum atomic E-state index is 11.8. The van der Waals surface area contributed by atoms with Crippen LogP contribution >= 0.6 is 11.8 Å². The second kappa shape index (κ2) is 9.37. The van der Waals surface area contributed by atoms with Crippen LogP contribution in [-0.4, -0.2) is 40.6 Å². The zero-order valence-electron chi connectivity index (χ0n) is 13.8. The van der Waals surface area contributed by atoms with Gasteiger partial charge in [0.15, 0.2) is 5.16 Å². The summed E-state index contributed by atoms with van der Waals surface area (Å²) in [5.41, 5.74) is 4.75. The van der Waals surface area contributed by atoms with E-state index in [0.29, 0.717) is 5.56 Å². The molecule has 2 aromatic rings. The van der Waals surface area contributed by atoms with Crippen molar-refractivity contribution in [2.45, 2.75) is 11.6 Å². The summed E-state index contributed by atoms with van der Waals surface area (Å²) in [4.78, 5) is 53.0. The Morgan fingerprint density at radius 3 is 2.62 bits per heavy atom. The van der Waals surface area contributed by atoms with Crippen LogP contribution in [0.5, 0.6) is 0 Å². The van der Waals surface area contributed by atoms with Gasteiger partial charge in [0.05, 0.1) is 25.0 Å². The third-order valence-electron chi connectivity index (χ3n) is 3.02. The number of rotatable bonds is 6. The van der Waals surface area contributed by atoms with E-state index in [-0.39, 0.29) is 23.0 Å². The predicted octanol–water partition coefficient (Wildman–Crippen LogP) is 0.0387. The number of amides is 2. The minimum Gasteiger partial charge on any atom is -0.469 e. The van der Waals surface area contributed by atoms with E-state index in [1.807, 2.05) is 0 Å². The molecule has 10 heteroatoms. The highest BCUT2D eigenvalue weighted by Crippen LogP contribution is 2.11. The molecule has 1 heterocycles. The molecular weight excluding hydrogens is 360 g/mol. The molecule has 0 spiro atoms. The lowest BCUT2D eigenvalue weighted by Crippen LogP contribution is -2.42. The van der Waals surface area contributed by atoms with Gasteiger partial charge in [-0.15, -0.1) is 0 Å². The summed E-state index contributed by atoms with van der Waals surface area (Å²) >= 11 is 0.957. The number of aromatic amines is 1. The number of thioether (sulfide) groups is 1. The van der Waals surface area contributed by atoms with E-state index in [1.54, 1.807) is 30.3 Å². The third kappa shape index (κ3) is 6.06. The van der Waals surface area contributed by atoms with Crippen molar-refractivity contribution in [1.82, 2.24) is 20.8 Å². The number of hydrogen-bond donors (Lipinski definition) is 3. The molecule has 0 saturated heterocycles. The second-order valence-electron chi connectivity index (χ2n) is 4.95. The normalized spacial score (nSPS) is 10.0. The van der Waals surface area contributed by atoms with Crippen LogP contribution in [0.15, 0.2) is 46.3 Å². The number of hydrogen-bond acceptors (Lipinski definition) is 7. The van der Waals surface area contributed by atoms with E-state index in [0.717, 1.165) is 11.8 Å². The molecule has 136 valence electrons. The molecule has 0 aliphatic carbocycles. The van der Waals surface area contributed by atoms with E-state index < -0.39 is 23.3 Å². The molecule has 26 heavy (non-hydrogen) atoms. The smallest absolute Gasteiger partial charge is 0.311 e. The molecule has 0 saturated carbocycles. The van der Waals surface area contributed by atoms with Crippen molar-refractivity contribution < 1.29 is 19.1 Å². The summed E-state index contributed by atoms with van der Waals surface area (Å²) in [5, 5.41) is 0.181. The monoisotopic (exact) mass is 376 g/mol. The van der Waals surface area contributed by atoms with Crippen LogP contribution in [0.3, 0.4) is 0 Å². The topological polar surface area (TPSA) is 130 Å². The fraction of sp³-hybridized carbons (Fsp3) is 0.188. The van der Waals surface area contributed by atoms with Crippen molar-refractivity contribution in [3.05, 3.63) is 58.0 Å². The van der Waals surface area contributed by atoms with Crippen LogP contribution in [0.25, 0.3) is 0 Å². The van der Waals surface area contributed by atoms with E-state index in [2.05, 4.69) is 25.6 Å². The second-order valence-corrected chi connectivity index (χ2v) is 5.92. The quantitative estimate of drug-likeness (QED) is 0.281. The fourth-order valence-electron chi connectivity index (χ4n) is 1.82. The van der Waals surface area contributed by atoms with E-state index in [4.69, 9.17) is 0 Å². The van der Waals surface area contributed by atoms with Crippen molar-refractivity contribution in [2.24, 2.45) is 0 Å². The Hall–Kier alpha value is -3.14. The Kier molecular flexibility index (Phi) is 6.92. The minimum absolute atomic E-state index is 0.0975. The molecule has 1 aromatic heterocycles. The number of aromatic nitrogens is 2. The number of hydrazine groups is 1. The minimum atomic E-state index is -0.527. The highest BCUT2D eigenvalue weighted by atomic mass is 32.2. The molecule has 0 fully saturated rings. The first-order chi connectivity index (χ1) is 12.5. The molecule has 0 bridgehead atoms. The molecule has 9 nitrogen and oxygen atoms in total. The van der Waals surface area contributed by atoms with Crippen molar-refractivity contribution in [2.75, 3.05) is 12.9 Å². The summed E-state index contributed by atoms with van der Waals surface area (Å²) in [6, 6.07) is 9.58. The fourth-order valence-corrected chi connectivity index (χ4v) is 2.52. The lowest BCUT2D eigenvalue weighted by atomic mass is 10.2. The molecular formula is C16H16N4O5S. The molecule has 0 aliphatic rings. The Labute approximate surface area is 152 Å². The highest BCUT2D eigenvalue weighted by Gasteiger charge is 2.10. The van der Waals surface area contributed by atoms with Gasteiger partial charge in [-0.1, -0.05) is 30.0 Å². The van der Waals surface area contributed by atoms with Gasteiger partial charge in [-0.3, -0.25) is 30.0 Å². The number of H-pyrrole nitrogens is 1. The summed E-state index contributed by atoms with van der Waals surface area (Å²) in [7, 11) is 1.24. The van der Waals surface area contributed by atoms with Gasteiger partial charge in [-0.05, 0) is 12.1 Å². The van der Waals surface area contributed by atoms with Crippen molar-refractivity contribution in [3.8, 4) is 0 Å². The number of carbonyl (C=O) groups is 3. The molecule has 0 atom stereocenters. The van der Waals surface area contributed by atoms with Gasteiger partial charge in [0.25, 0.3) is 11.5 Å². The number of esters is 1. The summed E-state index contributed by atoms with van der Waals surface area (Å²) < 4.78 is 4.52. The van der Waals surface area contributed by atoms with Crippen LogP contribution in [0, 0.1) is 0 Å². The summed E-state index contributed by atoms with van der Waals surface area (Å²) in [5.74, 6) is -1.56. The van der Waals surface area contributed by atoms with Crippen molar-refractivity contribution in [1.29, 1.82) is 0 Å². The Morgan fingerprint density at radius 1 is 1.19 bits per heavy atom. The Morgan fingerprint density at radius 2 is 1.92 bits per heavy atom. The number of ether oxygens (including phenoxy) is 1. The van der Waals surface area contributed by atoms with Crippen LogP contribution in [0.2, 0.25) is 0 Å². The van der Waals surface area contributed by atoms with Crippen molar-refractivity contribution >= 4 is 29.5 Å². The standard InChI is InChI=1S/C16H16N4O5S/c1-25-14(23)8-11-7-12(21)18-16(17-11)26-9-13(22)19-20-15(24)10-5-3-2-4-6-10/h2-7H,8-9H2,1H3,(H,19,22)(H,20,24)(H,17,18,21). The SMILES string of the molecule is COC(=O)Cc1cc(=O)[nH]c(SCC(=O)NNC(=O)c2ccccc2)n1. The first-order valence-corrected chi connectivity index (χ1v) is 8.40. The molecule has 3 N–H and O–H groups in total. The van der Waals surface area contributed by atoms with E-state index in [9.17, 15) is 19.2 Å². The first-order valence-electron chi connectivity index (χ1n) is 7.42. The lowest BCUT2D eigenvalue weighted by Gasteiger charge is -2.07. The lowest BCUT2D eigenvalue weighted by molar-refractivity contribution is -0.139. The molecule has 0 aliphatic heterocycles. The summed E-state index contributed by atoms with van der Waals surface area (Å²) in [6.07, 6.45) is -0.146. The highest BCUT2D eigenvalue weighted by molar-refractivity contribution is 7.99. The molecule has 2 rings (SSSR count). The van der Waals surface area contributed by atoms with Crippen molar-refractivity contribution in [3.63, 3.8) is 0 Å². The van der Waals surface area contributed by atoms with Crippen LogP contribution in [0.4, 0.5) is 0 Å². The average Bonchev–Trinajstić information content (AvgIpc) is 2.64. The zero-order chi connectivity index (χ0) is 18.9. The number of benzene rings is 1. The predicted molar refractivity (Wildman–Crippen MR) is 93.4 cm³/mol. The third-order valence-corrected chi connectivity index (χ3v) is 3.89. The number of methoxy groups -OCH3 is 1. The van der Waals surface area contributed by atoms with Crippen LogP contribution in [-0.2, 0) is 20.7 Å². The molecule has 0 unspecified atom stereocenters. The van der Waals surface area contributed by atoms with E-state index in [1.165, 1.54) is 13.2 Å². The first kappa shape index (κ1) is 19.2. The molecule has 0 radical (unpaired) electrons. The van der Waals surface area contributed by atoms with Gasteiger partial charge < -0.3 is 9.72 Å². The number of nitrogens with zero attached hydrogens (tertiary/aromatic N) is 1. The summed E-state index contributed by atoms with van der Waals surface area (Å²) in [6.45, 7) is 0. The average molecular weight is 376 g/mol. The van der Waals surface area contributed by atoms with Gasteiger partial charge in [0.2, 0.25) is 5.91 Å². The number of nitrogens with one attached hydrogen (secondary N) is 3. The van der Waals surface area contributed by atoms with Gasteiger partial charge in [-0.2, -0.15) is 0 Å². The van der Waals surface area contributed by atoms with Gasteiger partial charge in [0, 0.05) is 11.6 Å². The van der Waals surface area contributed by atoms with Gasteiger partial charge >= 0.3 is 5.97 Å². The van der Waals surface area contributed by atoms with Gasteiger partial charge in [0.1, 0.15) is 0 Å². The zero-order valence-corrected chi connectivity index (χ0v) is 14.6. The van der Waals surface area contributed by atoms with Gasteiger partial charge in [-0.25, -0.2) is 4.98 Å².